The normalized spacial score (nSPS) is 14.4. The van der Waals surface area contributed by atoms with Crippen molar-refractivity contribution in [3.05, 3.63) is 0 Å². The second-order valence-corrected chi connectivity index (χ2v) is 4.43. The molecule has 0 radical (unpaired) electrons. The lowest BCUT2D eigenvalue weighted by atomic mass is 10.2. The summed E-state index contributed by atoms with van der Waals surface area (Å²) < 4.78 is 0. The van der Waals surface area contributed by atoms with Crippen LogP contribution in [0.1, 0.15) is 41.0 Å². The summed E-state index contributed by atoms with van der Waals surface area (Å²) in [5.41, 5.74) is 0. The van der Waals surface area contributed by atoms with Crippen LogP contribution in [0.4, 0.5) is 0 Å². The minimum absolute atomic E-state index is 0.666. The van der Waals surface area contributed by atoms with Gasteiger partial charge in [-0.2, -0.15) is 0 Å². The summed E-state index contributed by atoms with van der Waals surface area (Å²) in [6.45, 7) is 14.9. The molecule has 1 unspecified atom stereocenters. The first-order valence-electron chi connectivity index (χ1n) is 5.97. The van der Waals surface area contributed by atoms with Crippen molar-refractivity contribution in [2.75, 3.05) is 26.7 Å². The Hall–Kier alpha value is -0.0800. The third-order valence-corrected chi connectivity index (χ3v) is 3.22. The van der Waals surface area contributed by atoms with Gasteiger partial charge in [-0.05, 0) is 53.9 Å². The second kappa shape index (κ2) is 7.24. The zero-order valence-corrected chi connectivity index (χ0v) is 10.9. The average molecular weight is 200 g/mol. The van der Waals surface area contributed by atoms with Crippen LogP contribution in [0.5, 0.6) is 0 Å². The highest BCUT2D eigenvalue weighted by molar-refractivity contribution is 4.67. The minimum Gasteiger partial charge on any atom is -0.304 e. The SMILES string of the molecule is CCN(CC)C(C)CCN(C)C(C)C. The number of rotatable bonds is 7. The van der Waals surface area contributed by atoms with Crippen LogP contribution >= 0.6 is 0 Å². The summed E-state index contributed by atoms with van der Waals surface area (Å²) >= 11 is 0. The fraction of sp³-hybridized carbons (Fsp3) is 1.00. The van der Waals surface area contributed by atoms with E-state index in [1.54, 1.807) is 0 Å². The molecule has 2 nitrogen and oxygen atoms in total. The van der Waals surface area contributed by atoms with Gasteiger partial charge in [0.25, 0.3) is 0 Å². The number of hydrogen-bond donors (Lipinski definition) is 0. The molecule has 0 aromatic rings. The van der Waals surface area contributed by atoms with Gasteiger partial charge >= 0.3 is 0 Å². The Morgan fingerprint density at radius 2 is 1.50 bits per heavy atom. The van der Waals surface area contributed by atoms with Gasteiger partial charge in [0, 0.05) is 12.1 Å². The van der Waals surface area contributed by atoms with Crippen LogP contribution in [0.3, 0.4) is 0 Å². The van der Waals surface area contributed by atoms with Gasteiger partial charge in [-0.15, -0.1) is 0 Å². The van der Waals surface area contributed by atoms with E-state index in [0.29, 0.717) is 12.1 Å². The monoisotopic (exact) mass is 200 g/mol. The van der Waals surface area contributed by atoms with E-state index in [9.17, 15) is 0 Å². The van der Waals surface area contributed by atoms with Gasteiger partial charge in [0.1, 0.15) is 0 Å². The van der Waals surface area contributed by atoms with Crippen LogP contribution in [0.2, 0.25) is 0 Å². The van der Waals surface area contributed by atoms with Crippen LogP contribution < -0.4 is 0 Å². The summed E-state index contributed by atoms with van der Waals surface area (Å²) in [4.78, 5) is 4.94. The molecular weight excluding hydrogens is 172 g/mol. The lowest BCUT2D eigenvalue weighted by Gasteiger charge is -2.29. The van der Waals surface area contributed by atoms with Gasteiger partial charge in [-0.25, -0.2) is 0 Å². The fourth-order valence-electron chi connectivity index (χ4n) is 1.68. The summed E-state index contributed by atoms with van der Waals surface area (Å²) in [7, 11) is 2.21. The maximum atomic E-state index is 2.52. The summed E-state index contributed by atoms with van der Waals surface area (Å²) in [5.74, 6) is 0. The van der Waals surface area contributed by atoms with Crippen molar-refractivity contribution in [2.24, 2.45) is 0 Å². The van der Waals surface area contributed by atoms with Gasteiger partial charge in [-0.3, -0.25) is 0 Å². The molecule has 2 heteroatoms. The predicted molar refractivity (Wildman–Crippen MR) is 64.8 cm³/mol. The lowest BCUT2D eigenvalue weighted by Crippen LogP contribution is -2.36. The molecule has 0 fully saturated rings. The molecule has 0 amide bonds. The van der Waals surface area contributed by atoms with Crippen molar-refractivity contribution in [1.82, 2.24) is 9.80 Å². The van der Waals surface area contributed by atoms with Crippen molar-refractivity contribution < 1.29 is 0 Å². The highest BCUT2D eigenvalue weighted by Crippen LogP contribution is 2.05. The zero-order chi connectivity index (χ0) is 11.1. The van der Waals surface area contributed by atoms with Gasteiger partial charge in [0.05, 0.1) is 0 Å². The van der Waals surface area contributed by atoms with Gasteiger partial charge in [0.2, 0.25) is 0 Å². The lowest BCUT2D eigenvalue weighted by molar-refractivity contribution is 0.186. The summed E-state index contributed by atoms with van der Waals surface area (Å²) in [6, 6.07) is 1.38. The number of hydrogen-bond acceptors (Lipinski definition) is 2. The van der Waals surface area contributed by atoms with E-state index in [2.05, 4.69) is 51.5 Å². The highest BCUT2D eigenvalue weighted by Gasteiger charge is 2.11. The van der Waals surface area contributed by atoms with Gasteiger partial charge in [0.15, 0.2) is 0 Å². The third kappa shape index (κ3) is 4.97. The first-order valence-corrected chi connectivity index (χ1v) is 5.97. The standard InChI is InChI=1S/C12H28N2/c1-7-14(8-2)12(5)9-10-13(6)11(3)4/h11-12H,7-10H2,1-6H3. The average Bonchev–Trinajstić information content (AvgIpc) is 2.15. The highest BCUT2D eigenvalue weighted by atomic mass is 15.2. The van der Waals surface area contributed by atoms with E-state index in [1.807, 2.05) is 0 Å². The third-order valence-electron chi connectivity index (χ3n) is 3.22. The maximum Gasteiger partial charge on any atom is 0.00788 e. The molecule has 0 saturated carbocycles. The zero-order valence-electron chi connectivity index (χ0n) is 10.9. The second-order valence-electron chi connectivity index (χ2n) is 4.43. The molecule has 0 aromatic heterocycles. The molecule has 0 aromatic carbocycles. The van der Waals surface area contributed by atoms with Crippen LogP contribution in [-0.2, 0) is 0 Å². The Balaban J connectivity index is 3.77. The molecule has 0 aliphatic heterocycles. The quantitative estimate of drug-likeness (QED) is 0.623. The molecule has 0 rings (SSSR count). The van der Waals surface area contributed by atoms with E-state index in [1.165, 1.54) is 26.1 Å². The van der Waals surface area contributed by atoms with Crippen LogP contribution in [-0.4, -0.2) is 48.6 Å². The Bertz CT molecular complexity index is 130. The van der Waals surface area contributed by atoms with Crippen LogP contribution in [0.15, 0.2) is 0 Å². The molecule has 0 saturated heterocycles. The molecule has 0 heterocycles. The topological polar surface area (TPSA) is 6.48 Å². The van der Waals surface area contributed by atoms with Crippen molar-refractivity contribution in [1.29, 1.82) is 0 Å². The molecule has 0 spiro atoms. The Kier molecular flexibility index (Phi) is 7.20. The van der Waals surface area contributed by atoms with E-state index in [0.717, 1.165) is 0 Å². The van der Waals surface area contributed by atoms with E-state index in [4.69, 9.17) is 0 Å². The van der Waals surface area contributed by atoms with Crippen molar-refractivity contribution >= 4 is 0 Å². The molecule has 0 aliphatic carbocycles. The van der Waals surface area contributed by atoms with Crippen molar-refractivity contribution in [3.63, 3.8) is 0 Å². The van der Waals surface area contributed by atoms with Crippen LogP contribution in [0.25, 0.3) is 0 Å². The predicted octanol–water partition coefficient (Wildman–Crippen LogP) is 2.45. The first-order chi connectivity index (χ1) is 6.52. The minimum atomic E-state index is 0.666. The first kappa shape index (κ1) is 13.9. The van der Waals surface area contributed by atoms with Crippen molar-refractivity contribution in [3.8, 4) is 0 Å². The molecule has 0 aliphatic rings. The van der Waals surface area contributed by atoms with E-state index < -0.39 is 0 Å². The Morgan fingerprint density at radius 1 is 1.00 bits per heavy atom. The molecule has 14 heavy (non-hydrogen) atoms. The molecule has 1 atom stereocenters. The summed E-state index contributed by atoms with van der Waals surface area (Å²) in [5, 5.41) is 0. The molecule has 86 valence electrons. The van der Waals surface area contributed by atoms with E-state index in [-0.39, 0.29) is 0 Å². The fourth-order valence-corrected chi connectivity index (χ4v) is 1.68. The van der Waals surface area contributed by atoms with Crippen LogP contribution in [0, 0.1) is 0 Å². The smallest absolute Gasteiger partial charge is 0.00788 e. The van der Waals surface area contributed by atoms with Gasteiger partial charge in [-0.1, -0.05) is 13.8 Å². The maximum absolute atomic E-state index is 2.52. The number of nitrogens with zero attached hydrogens (tertiary/aromatic N) is 2. The van der Waals surface area contributed by atoms with Gasteiger partial charge < -0.3 is 9.80 Å². The van der Waals surface area contributed by atoms with E-state index >= 15 is 0 Å². The van der Waals surface area contributed by atoms with Crippen molar-refractivity contribution in [2.45, 2.75) is 53.1 Å². The summed E-state index contributed by atoms with van der Waals surface area (Å²) in [6.07, 6.45) is 1.27. The Labute approximate surface area is 90.3 Å². The largest absolute Gasteiger partial charge is 0.304 e. The molecule has 0 N–H and O–H groups in total. The molecular formula is C12H28N2. The molecule has 0 bridgehead atoms. The Morgan fingerprint density at radius 3 is 1.86 bits per heavy atom.